The van der Waals surface area contributed by atoms with E-state index in [1.165, 1.54) is 128 Å². The molecule has 0 radical (unpaired) electrons. The predicted molar refractivity (Wildman–Crippen MR) is 228 cm³/mol. The van der Waals surface area contributed by atoms with Gasteiger partial charge in [0.2, 0.25) is 0 Å². The molecular weight excluding hydrogens is 689 g/mol. The number of esters is 2. The zero-order valence-corrected chi connectivity index (χ0v) is 36.3. The van der Waals surface area contributed by atoms with Crippen molar-refractivity contribution in [3.05, 3.63) is 35.9 Å². The third kappa shape index (κ3) is 32.8. The average Bonchev–Trinajstić information content (AvgIpc) is 3.19. The molecule has 0 amide bonds. The van der Waals surface area contributed by atoms with Crippen molar-refractivity contribution in [3.63, 3.8) is 0 Å². The molecule has 0 N–H and O–H groups in total. The number of hydrogen-bond donors (Lipinski definition) is 0. The Kier molecular flexibility index (Phi) is 36.1. The second kappa shape index (κ2) is 38.9. The Bertz CT molecular complexity index is 970. The number of benzene rings is 1. The highest BCUT2D eigenvalue weighted by atomic mass is 16.6. The van der Waals surface area contributed by atoms with Crippen LogP contribution in [0.25, 0.3) is 0 Å². The Morgan fingerprint density at radius 2 is 0.873 bits per heavy atom. The van der Waals surface area contributed by atoms with Gasteiger partial charge < -0.3 is 23.7 Å². The van der Waals surface area contributed by atoms with Gasteiger partial charge in [0.15, 0.2) is 0 Å². The molecular formula is C48H86O7. The van der Waals surface area contributed by atoms with E-state index in [2.05, 4.69) is 27.7 Å². The maximum Gasteiger partial charge on any atom is 0.308 e. The molecule has 55 heavy (non-hydrogen) atoms. The summed E-state index contributed by atoms with van der Waals surface area (Å²) in [5.41, 5.74) is 1.08. The highest BCUT2D eigenvalue weighted by Gasteiger charge is 2.16. The van der Waals surface area contributed by atoms with Crippen LogP contribution < -0.4 is 0 Å². The van der Waals surface area contributed by atoms with E-state index in [9.17, 15) is 9.59 Å². The van der Waals surface area contributed by atoms with Crippen LogP contribution in [0.15, 0.2) is 30.3 Å². The van der Waals surface area contributed by atoms with Gasteiger partial charge in [-0.2, -0.15) is 0 Å². The molecule has 0 heterocycles. The van der Waals surface area contributed by atoms with Crippen molar-refractivity contribution in [2.24, 2.45) is 11.8 Å². The molecule has 0 aromatic heterocycles. The van der Waals surface area contributed by atoms with E-state index in [4.69, 9.17) is 23.7 Å². The van der Waals surface area contributed by atoms with Crippen LogP contribution in [0.2, 0.25) is 0 Å². The number of hydrogen-bond acceptors (Lipinski definition) is 7. The summed E-state index contributed by atoms with van der Waals surface area (Å²) >= 11 is 0. The molecule has 0 aliphatic heterocycles. The van der Waals surface area contributed by atoms with Gasteiger partial charge in [0.25, 0.3) is 0 Å². The molecule has 0 saturated carbocycles. The summed E-state index contributed by atoms with van der Waals surface area (Å²) in [5, 5.41) is 0. The SMILES string of the molecule is CCCCCCCCCC(CCCCC)COC(=O)CCOCC(COCc1ccccc1)OCCC(=O)OCC(CCCCCC)CCCCCCCC. The van der Waals surface area contributed by atoms with E-state index in [1.54, 1.807) is 0 Å². The highest BCUT2D eigenvalue weighted by Crippen LogP contribution is 2.21. The zero-order chi connectivity index (χ0) is 39.9. The van der Waals surface area contributed by atoms with E-state index in [-0.39, 0.29) is 50.7 Å². The fraction of sp³-hybridized carbons (Fsp3) is 0.833. The van der Waals surface area contributed by atoms with E-state index in [0.717, 1.165) is 31.2 Å². The first-order valence-electron chi connectivity index (χ1n) is 23.1. The number of unbranched alkanes of at least 4 members (excludes halogenated alkanes) is 16. The van der Waals surface area contributed by atoms with Gasteiger partial charge in [0.05, 0.1) is 59.1 Å². The van der Waals surface area contributed by atoms with E-state index < -0.39 is 0 Å². The molecule has 0 aliphatic rings. The van der Waals surface area contributed by atoms with Crippen molar-refractivity contribution in [1.29, 1.82) is 0 Å². The molecule has 3 atom stereocenters. The molecule has 320 valence electrons. The van der Waals surface area contributed by atoms with Crippen molar-refractivity contribution in [1.82, 2.24) is 0 Å². The Hall–Kier alpha value is -1.96. The predicted octanol–water partition coefficient (Wildman–Crippen LogP) is 13.1. The molecule has 0 spiro atoms. The second-order valence-corrected chi connectivity index (χ2v) is 16.0. The van der Waals surface area contributed by atoms with Crippen LogP contribution in [-0.2, 0) is 39.9 Å². The van der Waals surface area contributed by atoms with Gasteiger partial charge in [-0.3, -0.25) is 9.59 Å². The van der Waals surface area contributed by atoms with Crippen LogP contribution >= 0.6 is 0 Å². The van der Waals surface area contributed by atoms with Crippen LogP contribution in [0.5, 0.6) is 0 Å². The fourth-order valence-corrected chi connectivity index (χ4v) is 7.04. The van der Waals surface area contributed by atoms with Crippen LogP contribution in [0.4, 0.5) is 0 Å². The average molecular weight is 775 g/mol. The number of carbonyl (C=O) groups excluding carboxylic acids is 2. The lowest BCUT2D eigenvalue weighted by Crippen LogP contribution is -2.28. The van der Waals surface area contributed by atoms with E-state index in [0.29, 0.717) is 38.3 Å². The summed E-state index contributed by atoms with van der Waals surface area (Å²) in [6.45, 7) is 11.5. The Morgan fingerprint density at radius 3 is 1.38 bits per heavy atom. The Morgan fingerprint density at radius 1 is 0.473 bits per heavy atom. The highest BCUT2D eigenvalue weighted by molar-refractivity contribution is 5.69. The minimum Gasteiger partial charge on any atom is -0.465 e. The number of ether oxygens (including phenoxy) is 5. The maximum atomic E-state index is 12.8. The molecule has 3 unspecified atom stereocenters. The lowest BCUT2D eigenvalue weighted by Gasteiger charge is -2.19. The molecule has 1 aromatic rings. The first-order chi connectivity index (χ1) is 27.0. The minimum absolute atomic E-state index is 0.194. The van der Waals surface area contributed by atoms with Crippen molar-refractivity contribution in [2.45, 2.75) is 207 Å². The van der Waals surface area contributed by atoms with Crippen molar-refractivity contribution in [3.8, 4) is 0 Å². The summed E-state index contributed by atoms with van der Waals surface area (Å²) in [5.74, 6) is 0.453. The van der Waals surface area contributed by atoms with Gasteiger partial charge >= 0.3 is 11.9 Å². The van der Waals surface area contributed by atoms with E-state index >= 15 is 0 Å². The first kappa shape index (κ1) is 51.1. The van der Waals surface area contributed by atoms with Crippen LogP contribution in [-0.4, -0.2) is 57.7 Å². The lowest BCUT2D eigenvalue weighted by atomic mass is 9.95. The molecule has 0 aliphatic carbocycles. The summed E-state index contributed by atoms with van der Waals surface area (Å²) in [6.07, 6.45) is 29.9. The summed E-state index contributed by atoms with van der Waals surface area (Å²) in [7, 11) is 0. The summed E-state index contributed by atoms with van der Waals surface area (Å²) in [4.78, 5) is 25.5. The quantitative estimate of drug-likeness (QED) is 0.0484. The van der Waals surface area contributed by atoms with Gasteiger partial charge in [0, 0.05) is 0 Å². The van der Waals surface area contributed by atoms with Gasteiger partial charge in [-0.05, 0) is 43.1 Å². The third-order valence-electron chi connectivity index (χ3n) is 10.7. The zero-order valence-electron chi connectivity index (χ0n) is 36.3. The summed E-state index contributed by atoms with van der Waals surface area (Å²) in [6, 6.07) is 10.0. The standard InChI is InChI=1S/C48H86O7/c1-5-9-13-16-18-20-25-32-44(28-22-12-8-4)39-54-47(49)34-36-51-41-46(42-52-38-43-29-26-21-27-30-43)53-37-35-48(50)55-40-45(31-23-15-11-7-3)33-24-19-17-14-10-6-2/h21,26-27,29-30,44-46H,5-20,22-25,28,31-42H2,1-4H3. The number of carbonyl (C=O) groups is 2. The van der Waals surface area contributed by atoms with E-state index in [1.807, 2.05) is 30.3 Å². The van der Waals surface area contributed by atoms with Crippen LogP contribution in [0.1, 0.15) is 200 Å². The smallest absolute Gasteiger partial charge is 0.308 e. The molecule has 7 nitrogen and oxygen atoms in total. The largest absolute Gasteiger partial charge is 0.465 e. The Balaban J connectivity index is 2.50. The molecule has 1 aromatic carbocycles. The first-order valence-corrected chi connectivity index (χ1v) is 23.1. The van der Waals surface area contributed by atoms with Crippen LogP contribution in [0, 0.1) is 11.8 Å². The number of rotatable bonds is 41. The molecule has 1 rings (SSSR count). The van der Waals surface area contributed by atoms with Gasteiger partial charge in [0.1, 0.15) is 6.10 Å². The molecule has 0 saturated heterocycles. The maximum absolute atomic E-state index is 12.8. The lowest BCUT2D eigenvalue weighted by molar-refractivity contribution is -0.149. The van der Waals surface area contributed by atoms with Crippen molar-refractivity contribution < 1.29 is 33.3 Å². The molecule has 7 heteroatoms. The fourth-order valence-electron chi connectivity index (χ4n) is 7.04. The second-order valence-electron chi connectivity index (χ2n) is 16.0. The molecule has 0 fully saturated rings. The molecule has 0 bridgehead atoms. The monoisotopic (exact) mass is 775 g/mol. The normalized spacial score (nSPS) is 13.1. The van der Waals surface area contributed by atoms with Gasteiger partial charge in [-0.25, -0.2) is 0 Å². The summed E-state index contributed by atoms with van der Waals surface area (Å²) < 4.78 is 29.5. The third-order valence-corrected chi connectivity index (χ3v) is 10.7. The van der Waals surface area contributed by atoms with Gasteiger partial charge in [-0.15, -0.1) is 0 Å². The van der Waals surface area contributed by atoms with Crippen molar-refractivity contribution in [2.75, 3.05) is 39.6 Å². The Labute approximate surface area is 339 Å². The topological polar surface area (TPSA) is 80.3 Å². The minimum atomic E-state index is -0.364. The van der Waals surface area contributed by atoms with Crippen molar-refractivity contribution >= 4 is 11.9 Å². The van der Waals surface area contributed by atoms with Gasteiger partial charge in [-0.1, -0.05) is 186 Å². The van der Waals surface area contributed by atoms with Crippen LogP contribution in [0.3, 0.4) is 0 Å².